The van der Waals surface area contributed by atoms with E-state index in [1.165, 1.54) is 6.42 Å². The van der Waals surface area contributed by atoms with Crippen LogP contribution in [0, 0.1) is 10.8 Å². The molecule has 0 spiro atoms. The Morgan fingerprint density at radius 2 is 1.65 bits per heavy atom. The maximum Gasteiger partial charge on any atom is 0.282 e. The summed E-state index contributed by atoms with van der Waals surface area (Å²) in [7, 11) is -3.24. The zero-order valence-electron chi connectivity index (χ0n) is 13.1. The second kappa shape index (κ2) is 4.68. The number of piperidine rings is 1. The normalized spacial score (nSPS) is 39.0. The van der Waals surface area contributed by atoms with Gasteiger partial charge < -0.3 is 0 Å². The van der Waals surface area contributed by atoms with Crippen LogP contribution >= 0.6 is 0 Å². The molecule has 0 radical (unpaired) electrons. The van der Waals surface area contributed by atoms with E-state index in [0.29, 0.717) is 13.1 Å². The monoisotopic (exact) mass is 300 g/mol. The summed E-state index contributed by atoms with van der Waals surface area (Å²) in [5.74, 6) is 0. The van der Waals surface area contributed by atoms with Crippen molar-refractivity contribution in [2.24, 2.45) is 10.8 Å². The fourth-order valence-electron chi connectivity index (χ4n) is 4.92. The van der Waals surface area contributed by atoms with Crippen molar-refractivity contribution in [3.05, 3.63) is 0 Å². The molecule has 20 heavy (non-hydrogen) atoms. The van der Waals surface area contributed by atoms with Crippen LogP contribution in [0.25, 0.3) is 0 Å². The van der Waals surface area contributed by atoms with E-state index in [2.05, 4.69) is 20.8 Å². The molecule has 0 aromatic carbocycles. The van der Waals surface area contributed by atoms with E-state index in [4.69, 9.17) is 0 Å². The third-order valence-electron chi connectivity index (χ3n) is 5.30. The van der Waals surface area contributed by atoms with E-state index < -0.39 is 10.2 Å². The Kier molecular flexibility index (Phi) is 3.46. The summed E-state index contributed by atoms with van der Waals surface area (Å²) in [6.07, 6.45) is 6.39. The van der Waals surface area contributed by atoms with Crippen molar-refractivity contribution in [3.8, 4) is 0 Å². The van der Waals surface area contributed by atoms with Crippen LogP contribution in [0.4, 0.5) is 0 Å². The summed E-state index contributed by atoms with van der Waals surface area (Å²) < 4.78 is 29.4. The third-order valence-corrected chi connectivity index (χ3v) is 7.34. The maximum absolute atomic E-state index is 12.9. The highest BCUT2D eigenvalue weighted by atomic mass is 32.2. The molecule has 5 heteroatoms. The summed E-state index contributed by atoms with van der Waals surface area (Å²) in [6.45, 7) is 8.99. The maximum atomic E-state index is 12.9. The van der Waals surface area contributed by atoms with E-state index in [9.17, 15) is 8.42 Å². The van der Waals surface area contributed by atoms with Crippen molar-refractivity contribution in [2.75, 3.05) is 19.6 Å². The van der Waals surface area contributed by atoms with Crippen LogP contribution in [0.5, 0.6) is 0 Å². The second-order valence-corrected chi connectivity index (χ2v) is 10.1. The van der Waals surface area contributed by atoms with Crippen LogP contribution in [0.3, 0.4) is 0 Å². The Hall–Kier alpha value is -0.130. The standard InChI is InChI=1S/C15H28N2O2S/c1-14(2)9-13-10-15(3,11-14)12-17(13)20(18,19)16-7-5-4-6-8-16/h13H,4-12H2,1-3H3/t13-,15-/m1/s1. The summed E-state index contributed by atoms with van der Waals surface area (Å²) in [5.41, 5.74) is 0.444. The lowest BCUT2D eigenvalue weighted by molar-refractivity contribution is 0.132. The van der Waals surface area contributed by atoms with Crippen LogP contribution in [0.2, 0.25) is 0 Å². The topological polar surface area (TPSA) is 40.6 Å². The number of hydrogen-bond donors (Lipinski definition) is 0. The zero-order valence-corrected chi connectivity index (χ0v) is 13.9. The Labute approximate surface area is 123 Å². The van der Waals surface area contributed by atoms with Gasteiger partial charge >= 0.3 is 0 Å². The molecule has 0 aromatic heterocycles. The third kappa shape index (κ3) is 2.53. The highest BCUT2D eigenvalue weighted by Gasteiger charge is 2.53. The lowest BCUT2D eigenvalue weighted by atomic mass is 9.65. The predicted octanol–water partition coefficient (Wildman–Crippen LogP) is 2.62. The van der Waals surface area contributed by atoms with E-state index >= 15 is 0 Å². The zero-order chi connectivity index (χ0) is 14.6. The number of fused-ring (bicyclic) bond motifs is 2. The van der Waals surface area contributed by atoms with Gasteiger partial charge in [0.1, 0.15) is 0 Å². The van der Waals surface area contributed by atoms with Gasteiger partial charge in [0.2, 0.25) is 0 Å². The Morgan fingerprint density at radius 1 is 1.00 bits per heavy atom. The van der Waals surface area contributed by atoms with Crippen LogP contribution < -0.4 is 0 Å². The molecule has 2 bridgehead atoms. The molecule has 4 nitrogen and oxygen atoms in total. The van der Waals surface area contributed by atoms with Gasteiger partial charge in [-0.15, -0.1) is 0 Å². The molecule has 0 N–H and O–H groups in total. The molecule has 0 unspecified atom stereocenters. The van der Waals surface area contributed by atoms with E-state index in [1.807, 2.05) is 4.31 Å². The molecule has 0 aromatic rings. The largest absolute Gasteiger partial charge is 0.282 e. The lowest BCUT2D eigenvalue weighted by Crippen LogP contribution is -2.48. The van der Waals surface area contributed by atoms with Gasteiger partial charge in [0.25, 0.3) is 10.2 Å². The van der Waals surface area contributed by atoms with Crippen molar-refractivity contribution in [1.29, 1.82) is 0 Å². The van der Waals surface area contributed by atoms with Crippen LogP contribution in [0.1, 0.15) is 59.3 Å². The van der Waals surface area contributed by atoms with Crippen LogP contribution in [-0.2, 0) is 10.2 Å². The van der Waals surface area contributed by atoms with E-state index in [-0.39, 0.29) is 16.9 Å². The molecule has 3 fully saturated rings. The molecule has 3 rings (SSSR count). The highest BCUT2D eigenvalue weighted by molar-refractivity contribution is 7.86. The summed E-state index contributed by atoms with van der Waals surface area (Å²) in [6, 6.07) is 0.218. The van der Waals surface area contributed by atoms with Crippen molar-refractivity contribution >= 4 is 10.2 Å². The second-order valence-electron chi connectivity index (χ2n) is 8.23. The molecular weight excluding hydrogens is 272 g/mol. The fraction of sp³-hybridized carbons (Fsp3) is 1.00. The van der Waals surface area contributed by atoms with E-state index in [1.54, 1.807) is 4.31 Å². The van der Waals surface area contributed by atoms with Crippen LogP contribution in [-0.4, -0.2) is 42.7 Å². The molecule has 2 atom stereocenters. The lowest BCUT2D eigenvalue weighted by Gasteiger charge is -2.40. The van der Waals surface area contributed by atoms with Crippen molar-refractivity contribution in [1.82, 2.24) is 8.61 Å². The van der Waals surface area contributed by atoms with Crippen molar-refractivity contribution in [3.63, 3.8) is 0 Å². The summed E-state index contributed by atoms with van der Waals surface area (Å²) >= 11 is 0. The molecule has 3 aliphatic rings. The summed E-state index contributed by atoms with van der Waals surface area (Å²) in [5, 5.41) is 0. The van der Waals surface area contributed by atoms with Gasteiger partial charge in [-0.3, -0.25) is 0 Å². The average molecular weight is 300 g/mol. The van der Waals surface area contributed by atoms with Crippen molar-refractivity contribution < 1.29 is 8.42 Å². The van der Waals surface area contributed by atoms with Crippen molar-refractivity contribution in [2.45, 2.75) is 65.3 Å². The van der Waals surface area contributed by atoms with Gasteiger partial charge in [-0.2, -0.15) is 17.0 Å². The molecule has 1 aliphatic carbocycles. The van der Waals surface area contributed by atoms with E-state index in [0.717, 1.165) is 38.6 Å². The van der Waals surface area contributed by atoms with Gasteiger partial charge in [-0.25, -0.2) is 0 Å². The smallest absolute Gasteiger partial charge is 0.195 e. The number of rotatable bonds is 2. The van der Waals surface area contributed by atoms with Gasteiger partial charge in [0, 0.05) is 25.7 Å². The molecule has 116 valence electrons. The Balaban J connectivity index is 1.84. The van der Waals surface area contributed by atoms with Gasteiger partial charge in [0.15, 0.2) is 0 Å². The SMILES string of the molecule is CC1(C)C[C@@H]2C[C@@](C)(CN2S(=O)(=O)N2CCCCC2)C1. The Morgan fingerprint density at radius 3 is 2.30 bits per heavy atom. The minimum atomic E-state index is -3.24. The van der Waals surface area contributed by atoms with Gasteiger partial charge in [-0.1, -0.05) is 27.2 Å². The first kappa shape index (κ1) is 14.8. The average Bonchev–Trinajstić information content (AvgIpc) is 2.60. The number of nitrogens with zero attached hydrogens (tertiary/aromatic N) is 2. The molecule has 2 heterocycles. The Bertz CT molecular complexity index is 482. The minimum Gasteiger partial charge on any atom is -0.195 e. The first-order valence-corrected chi connectivity index (χ1v) is 9.39. The van der Waals surface area contributed by atoms with Gasteiger partial charge in [-0.05, 0) is 42.9 Å². The molecule has 2 aliphatic heterocycles. The first-order valence-electron chi connectivity index (χ1n) is 7.99. The molecule has 2 saturated heterocycles. The molecule has 1 saturated carbocycles. The molecule has 0 amide bonds. The quantitative estimate of drug-likeness (QED) is 0.786. The fourth-order valence-corrected chi connectivity index (χ4v) is 6.94. The minimum absolute atomic E-state index is 0.176. The predicted molar refractivity (Wildman–Crippen MR) is 80.6 cm³/mol. The first-order chi connectivity index (χ1) is 9.22. The highest BCUT2D eigenvalue weighted by Crippen LogP contribution is 2.53. The number of hydrogen-bond acceptors (Lipinski definition) is 2. The molecular formula is C15H28N2O2S. The van der Waals surface area contributed by atoms with Crippen LogP contribution in [0.15, 0.2) is 0 Å². The summed E-state index contributed by atoms with van der Waals surface area (Å²) in [4.78, 5) is 0. The van der Waals surface area contributed by atoms with Gasteiger partial charge in [0.05, 0.1) is 0 Å².